The first-order valence-electron chi connectivity index (χ1n) is 10.3. The molecule has 8 nitrogen and oxygen atoms in total. The van der Waals surface area contributed by atoms with Gasteiger partial charge in [-0.15, -0.1) is 0 Å². The van der Waals surface area contributed by atoms with E-state index in [1.165, 1.54) is 6.34 Å². The van der Waals surface area contributed by atoms with Crippen molar-refractivity contribution in [2.75, 3.05) is 64.6 Å². The number of methoxy groups -OCH3 is 1. The van der Waals surface area contributed by atoms with E-state index in [-0.39, 0.29) is 6.10 Å². The van der Waals surface area contributed by atoms with E-state index < -0.39 is 0 Å². The third-order valence-electron chi connectivity index (χ3n) is 5.47. The van der Waals surface area contributed by atoms with Crippen molar-refractivity contribution in [1.29, 1.82) is 0 Å². The maximum absolute atomic E-state index is 10.6. The van der Waals surface area contributed by atoms with Gasteiger partial charge in [-0.25, -0.2) is 4.99 Å². The molecule has 2 heterocycles. The molecule has 1 amide bonds. The Labute approximate surface area is 172 Å². The van der Waals surface area contributed by atoms with Crippen molar-refractivity contribution < 1.29 is 19.0 Å². The monoisotopic (exact) mass is 404 g/mol. The van der Waals surface area contributed by atoms with Gasteiger partial charge in [0.2, 0.25) is 6.41 Å². The number of aliphatic imine (C=N–C) groups is 1. The SMILES string of the molecule is COCCN1CCN(c2cc(/N=C\NC=O)c(C)c(OC3CCOCC3)c2)CC1. The summed E-state index contributed by atoms with van der Waals surface area (Å²) in [6, 6.07) is 4.20. The minimum absolute atomic E-state index is 0.161. The first kappa shape index (κ1) is 21.5. The molecule has 3 rings (SSSR count). The van der Waals surface area contributed by atoms with Crippen LogP contribution in [0.5, 0.6) is 5.75 Å². The van der Waals surface area contributed by atoms with E-state index in [0.717, 1.165) is 88.1 Å². The van der Waals surface area contributed by atoms with E-state index >= 15 is 0 Å². The molecule has 1 N–H and O–H groups in total. The van der Waals surface area contributed by atoms with Gasteiger partial charge in [0.05, 0.1) is 31.8 Å². The molecule has 2 fully saturated rings. The lowest BCUT2D eigenvalue weighted by Crippen LogP contribution is -2.47. The van der Waals surface area contributed by atoms with Crippen LogP contribution in [0.1, 0.15) is 18.4 Å². The lowest BCUT2D eigenvalue weighted by atomic mass is 10.1. The Morgan fingerprint density at radius 3 is 2.69 bits per heavy atom. The molecule has 2 saturated heterocycles. The van der Waals surface area contributed by atoms with Gasteiger partial charge in [0, 0.05) is 70.0 Å². The topological polar surface area (TPSA) is 75.6 Å². The molecule has 0 radical (unpaired) electrons. The van der Waals surface area contributed by atoms with Crippen molar-refractivity contribution in [3.05, 3.63) is 17.7 Å². The fourth-order valence-corrected chi connectivity index (χ4v) is 3.66. The molecule has 160 valence electrons. The number of benzene rings is 1. The molecule has 0 aromatic heterocycles. The van der Waals surface area contributed by atoms with Gasteiger partial charge in [-0.05, 0) is 13.0 Å². The van der Waals surface area contributed by atoms with E-state index in [1.54, 1.807) is 7.11 Å². The predicted octanol–water partition coefficient (Wildman–Crippen LogP) is 1.73. The van der Waals surface area contributed by atoms with Crippen molar-refractivity contribution in [3.63, 3.8) is 0 Å². The number of hydrogen-bond acceptors (Lipinski definition) is 7. The smallest absolute Gasteiger partial charge is 0.212 e. The Balaban J connectivity index is 1.77. The Bertz CT molecular complexity index is 684. The molecule has 0 unspecified atom stereocenters. The summed E-state index contributed by atoms with van der Waals surface area (Å²) in [5.74, 6) is 0.856. The van der Waals surface area contributed by atoms with Crippen LogP contribution in [0.2, 0.25) is 0 Å². The van der Waals surface area contributed by atoms with E-state index in [4.69, 9.17) is 14.2 Å². The zero-order valence-electron chi connectivity index (χ0n) is 17.4. The average Bonchev–Trinajstić information content (AvgIpc) is 2.76. The van der Waals surface area contributed by atoms with E-state index in [2.05, 4.69) is 32.2 Å². The molecule has 0 bridgehead atoms. The summed E-state index contributed by atoms with van der Waals surface area (Å²) >= 11 is 0. The fraction of sp³-hybridized carbons (Fsp3) is 0.619. The second kappa shape index (κ2) is 11.1. The zero-order chi connectivity index (χ0) is 20.5. The van der Waals surface area contributed by atoms with E-state index in [1.807, 2.05) is 6.92 Å². The molecular weight excluding hydrogens is 372 g/mol. The summed E-state index contributed by atoms with van der Waals surface area (Å²) in [6.45, 7) is 9.09. The van der Waals surface area contributed by atoms with Gasteiger partial charge in [0.15, 0.2) is 0 Å². The van der Waals surface area contributed by atoms with Crippen LogP contribution in [-0.4, -0.2) is 83.4 Å². The highest BCUT2D eigenvalue weighted by atomic mass is 16.5. The largest absolute Gasteiger partial charge is 0.490 e. The molecule has 8 heteroatoms. The van der Waals surface area contributed by atoms with Crippen LogP contribution in [0.25, 0.3) is 0 Å². The lowest BCUT2D eigenvalue weighted by Gasteiger charge is -2.36. The fourth-order valence-electron chi connectivity index (χ4n) is 3.66. The summed E-state index contributed by atoms with van der Waals surface area (Å²) in [5, 5.41) is 2.49. The second-order valence-electron chi connectivity index (χ2n) is 7.38. The predicted molar refractivity (Wildman–Crippen MR) is 114 cm³/mol. The highest BCUT2D eigenvalue weighted by Gasteiger charge is 2.21. The molecular formula is C21H32N4O4. The van der Waals surface area contributed by atoms with Crippen LogP contribution >= 0.6 is 0 Å². The molecule has 29 heavy (non-hydrogen) atoms. The summed E-state index contributed by atoms with van der Waals surface area (Å²) in [7, 11) is 1.74. The van der Waals surface area contributed by atoms with Crippen molar-refractivity contribution in [1.82, 2.24) is 10.2 Å². The number of carbonyl (C=O) groups excluding carboxylic acids is 1. The standard InChI is InChI=1S/C21H32N4O4/c1-17-20(23-15-22-16-26)13-18(14-21(17)29-19-3-10-28-11-4-19)25-7-5-24(6-8-25)9-12-27-2/h13-16,19H,3-12H2,1-2H3,(H,22,23,26). The quantitative estimate of drug-likeness (QED) is 0.384. The second-order valence-corrected chi connectivity index (χ2v) is 7.38. The first-order valence-corrected chi connectivity index (χ1v) is 10.3. The highest BCUT2D eigenvalue weighted by molar-refractivity contribution is 5.76. The highest BCUT2D eigenvalue weighted by Crippen LogP contribution is 2.35. The van der Waals surface area contributed by atoms with Crippen molar-refractivity contribution in [2.24, 2.45) is 4.99 Å². The van der Waals surface area contributed by atoms with Gasteiger partial charge in [-0.1, -0.05) is 0 Å². The molecule has 2 aliphatic rings. The lowest BCUT2D eigenvalue weighted by molar-refractivity contribution is -0.108. The van der Waals surface area contributed by atoms with E-state index in [0.29, 0.717) is 6.41 Å². The number of amides is 1. The van der Waals surface area contributed by atoms with Crippen LogP contribution in [0.3, 0.4) is 0 Å². The van der Waals surface area contributed by atoms with Crippen molar-refractivity contribution >= 4 is 24.1 Å². The van der Waals surface area contributed by atoms with E-state index in [9.17, 15) is 4.79 Å². The van der Waals surface area contributed by atoms with Crippen LogP contribution in [0, 0.1) is 6.92 Å². The van der Waals surface area contributed by atoms with Gasteiger partial charge in [0.1, 0.15) is 11.9 Å². The number of anilines is 1. The van der Waals surface area contributed by atoms with Gasteiger partial charge in [-0.3, -0.25) is 9.69 Å². The van der Waals surface area contributed by atoms with Crippen LogP contribution < -0.4 is 15.0 Å². The van der Waals surface area contributed by atoms with Gasteiger partial charge in [-0.2, -0.15) is 0 Å². The molecule has 1 aromatic rings. The molecule has 0 saturated carbocycles. The first-order chi connectivity index (χ1) is 14.2. The van der Waals surface area contributed by atoms with Crippen LogP contribution in [0.4, 0.5) is 11.4 Å². The summed E-state index contributed by atoms with van der Waals surface area (Å²) < 4.78 is 17.0. The number of nitrogens with zero attached hydrogens (tertiary/aromatic N) is 3. The van der Waals surface area contributed by atoms with Gasteiger partial charge < -0.3 is 24.4 Å². The maximum Gasteiger partial charge on any atom is 0.212 e. The molecule has 0 spiro atoms. The summed E-state index contributed by atoms with van der Waals surface area (Å²) in [4.78, 5) is 19.8. The Morgan fingerprint density at radius 2 is 2.00 bits per heavy atom. The Morgan fingerprint density at radius 1 is 1.24 bits per heavy atom. The third-order valence-corrected chi connectivity index (χ3v) is 5.47. The molecule has 1 aromatic carbocycles. The molecule has 0 atom stereocenters. The number of ether oxygens (including phenoxy) is 3. The number of nitrogens with one attached hydrogen (secondary N) is 1. The molecule has 2 aliphatic heterocycles. The minimum atomic E-state index is 0.161. The van der Waals surface area contributed by atoms with Gasteiger partial charge >= 0.3 is 0 Å². The number of carbonyl (C=O) groups is 1. The zero-order valence-corrected chi connectivity index (χ0v) is 17.4. The number of rotatable bonds is 9. The Hall–Kier alpha value is -2.16. The van der Waals surface area contributed by atoms with Crippen molar-refractivity contribution in [2.45, 2.75) is 25.9 Å². The average molecular weight is 405 g/mol. The minimum Gasteiger partial charge on any atom is -0.490 e. The molecule has 0 aliphatic carbocycles. The van der Waals surface area contributed by atoms with Crippen molar-refractivity contribution in [3.8, 4) is 5.75 Å². The number of hydrogen-bond donors (Lipinski definition) is 1. The number of piperazine rings is 1. The van der Waals surface area contributed by atoms with Crippen LogP contribution in [0.15, 0.2) is 17.1 Å². The van der Waals surface area contributed by atoms with Crippen LogP contribution in [-0.2, 0) is 14.3 Å². The maximum atomic E-state index is 10.6. The van der Waals surface area contributed by atoms with Gasteiger partial charge in [0.25, 0.3) is 0 Å². The summed E-state index contributed by atoms with van der Waals surface area (Å²) in [5.41, 5.74) is 2.88. The third kappa shape index (κ3) is 6.16. The summed E-state index contributed by atoms with van der Waals surface area (Å²) in [6.07, 6.45) is 3.98. The Kier molecular flexibility index (Phi) is 8.27. The normalized spacial score (nSPS) is 18.9.